The zero-order chi connectivity index (χ0) is 6.69. The maximum atomic E-state index is 5.35. The Morgan fingerprint density at radius 2 is 2.33 bits per heavy atom. The molecular weight excluding hydrogens is 112 g/mol. The van der Waals surface area contributed by atoms with Gasteiger partial charge in [-0.1, -0.05) is 12.2 Å². The molecule has 0 aromatic heterocycles. The summed E-state index contributed by atoms with van der Waals surface area (Å²) in [4.78, 5) is 4.08. The van der Waals surface area contributed by atoms with E-state index >= 15 is 0 Å². The van der Waals surface area contributed by atoms with Crippen molar-refractivity contribution in [3.63, 3.8) is 0 Å². The molecule has 0 saturated heterocycles. The largest absolute Gasteiger partial charge is 0.402 e. The minimum Gasteiger partial charge on any atom is -0.402 e. The van der Waals surface area contributed by atoms with E-state index in [0.717, 1.165) is 5.70 Å². The van der Waals surface area contributed by atoms with Crippen LogP contribution in [0.15, 0.2) is 28.9 Å². The lowest BCUT2D eigenvalue weighted by Gasteiger charge is -1.83. The van der Waals surface area contributed by atoms with Gasteiger partial charge in [0.25, 0.3) is 0 Å². The molecule has 9 heavy (non-hydrogen) atoms. The quantitative estimate of drug-likeness (QED) is 0.428. The van der Waals surface area contributed by atoms with Crippen molar-refractivity contribution < 1.29 is 0 Å². The van der Waals surface area contributed by atoms with Gasteiger partial charge >= 0.3 is 0 Å². The highest BCUT2D eigenvalue weighted by molar-refractivity contribution is 5.72. The molecular formula is C7H10N2. The van der Waals surface area contributed by atoms with Gasteiger partial charge in [0.2, 0.25) is 0 Å². The first kappa shape index (κ1) is 6.08. The molecule has 0 heterocycles. The lowest BCUT2D eigenvalue weighted by molar-refractivity contribution is 1.17. The van der Waals surface area contributed by atoms with Crippen molar-refractivity contribution in [2.75, 3.05) is 0 Å². The van der Waals surface area contributed by atoms with Crippen LogP contribution in [0.1, 0.15) is 6.92 Å². The second kappa shape index (κ2) is 2.49. The molecule has 0 aliphatic heterocycles. The van der Waals surface area contributed by atoms with E-state index in [1.54, 1.807) is 12.3 Å². The van der Waals surface area contributed by atoms with Crippen molar-refractivity contribution in [3.8, 4) is 0 Å². The predicted molar refractivity (Wildman–Crippen MR) is 39.4 cm³/mol. The smallest absolute Gasteiger partial charge is 0.0862 e. The molecule has 0 aromatic rings. The van der Waals surface area contributed by atoms with E-state index in [1.165, 1.54) is 0 Å². The van der Waals surface area contributed by atoms with Gasteiger partial charge in [-0.05, 0) is 13.0 Å². The molecule has 2 N–H and O–H groups in total. The lowest BCUT2D eigenvalue weighted by atomic mass is 10.5. The van der Waals surface area contributed by atoms with Gasteiger partial charge in [0.05, 0.1) is 6.04 Å². The predicted octanol–water partition coefficient (Wildman–Crippen LogP) is 0.858. The Kier molecular flexibility index (Phi) is 1.68. The number of nitrogens with two attached hydrogens (primary N) is 1. The number of hydrogen-bond acceptors (Lipinski definition) is 2. The number of rotatable bonds is 2. The minimum atomic E-state index is 0.362. The van der Waals surface area contributed by atoms with E-state index in [0.29, 0.717) is 6.04 Å². The first-order chi connectivity index (χ1) is 4.29. The Bertz CT molecular complexity index is 167. The summed E-state index contributed by atoms with van der Waals surface area (Å²) in [6.45, 7) is 1.84. The highest BCUT2D eigenvalue weighted by Gasteiger charge is 2.04. The average Bonchev–Trinajstić information content (AvgIpc) is 2.48. The van der Waals surface area contributed by atoms with E-state index in [2.05, 4.69) is 4.99 Å². The SMILES string of the molecule is CC(N)=CC=NC1C=C1. The van der Waals surface area contributed by atoms with Crippen LogP contribution in [0.2, 0.25) is 0 Å². The van der Waals surface area contributed by atoms with Gasteiger partial charge in [-0.3, -0.25) is 4.99 Å². The van der Waals surface area contributed by atoms with E-state index < -0.39 is 0 Å². The number of allylic oxidation sites excluding steroid dienone is 2. The second-order valence-corrected chi connectivity index (χ2v) is 2.08. The van der Waals surface area contributed by atoms with Crippen LogP contribution in [-0.4, -0.2) is 12.3 Å². The average molecular weight is 122 g/mol. The van der Waals surface area contributed by atoms with Crippen LogP contribution < -0.4 is 5.73 Å². The van der Waals surface area contributed by atoms with Gasteiger partial charge in [0.1, 0.15) is 0 Å². The van der Waals surface area contributed by atoms with E-state index in [-0.39, 0.29) is 0 Å². The number of nitrogens with zero attached hydrogens (tertiary/aromatic N) is 1. The molecule has 1 aliphatic rings. The highest BCUT2D eigenvalue weighted by Crippen LogP contribution is 2.08. The van der Waals surface area contributed by atoms with Crippen LogP contribution in [0.25, 0.3) is 0 Å². The molecule has 0 amide bonds. The van der Waals surface area contributed by atoms with Gasteiger partial charge in [-0.15, -0.1) is 0 Å². The Hall–Kier alpha value is -1.05. The summed E-state index contributed by atoms with van der Waals surface area (Å²) in [5, 5.41) is 0. The molecule has 2 heteroatoms. The fraction of sp³-hybridized carbons (Fsp3) is 0.286. The molecule has 0 radical (unpaired) electrons. The minimum absolute atomic E-state index is 0.362. The van der Waals surface area contributed by atoms with Crippen LogP contribution in [-0.2, 0) is 0 Å². The van der Waals surface area contributed by atoms with Crippen molar-refractivity contribution in [2.24, 2.45) is 10.7 Å². The zero-order valence-corrected chi connectivity index (χ0v) is 5.41. The Morgan fingerprint density at radius 1 is 1.67 bits per heavy atom. The molecule has 1 aliphatic carbocycles. The summed E-state index contributed by atoms with van der Waals surface area (Å²) >= 11 is 0. The molecule has 2 nitrogen and oxygen atoms in total. The third-order valence-corrected chi connectivity index (χ3v) is 0.960. The van der Waals surface area contributed by atoms with Crippen molar-refractivity contribution in [3.05, 3.63) is 23.9 Å². The molecule has 0 atom stereocenters. The van der Waals surface area contributed by atoms with E-state index in [1.807, 2.05) is 19.1 Å². The second-order valence-electron chi connectivity index (χ2n) is 2.08. The van der Waals surface area contributed by atoms with Crippen LogP contribution in [0.3, 0.4) is 0 Å². The summed E-state index contributed by atoms with van der Waals surface area (Å²) in [7, 11) is 0. The van der Waals surface area contributed by atoms with Gasteiger partial charge < -0.3 is 5.73 Å². The maximum Gasteiger partial charge on any atom is 0.0862 e. The fourth-order valence-corrected chi connectivity index (χ4v) is 0.409. The van der Waals surface area contributed by atoms with Gasteiger partial charge in [0.15, 0.2) is 0 Å². The standard InChI is InChI=1S/C7H10N2/c1-6(8)4-5-9-7-2-3-7/h2-5,7H,8H2,1H3. The molecule has 0 unspecified atom stereocenters. The Balaban J connectivity index is 2.23. The molecule has 0 bridgehead atoms. The molecule has 0 fully saturated rings. The van der Waals surface area contributed by atoms with Crippen LogP contribution in [0.4, 0.5) is 0 Å². The fourth-order valence-electron chi connectivity index (χ4n) is 0.409. The normalized spacial score (nSPS) is 19.4. The highest BCUT2D eigenvalue weighted by atomic mass is 14.8. The molecule has 0 aromatic carbocycles. The molecule has 48 valence electrons. The number of hydrogen-bond donors (Lipinski definition) is 1. The van der Waals surface area contributed by atoms with Crippen molar-refractivity contribution in [1.82, 2.24) is 0 Å². The van der Waals surface area contributed by atoms with E-state index in [4.69, 9.17) is 5.73 Å². The Morgan fingerprint density at radius 3 is 2.78 bits per heavy atom. The number of aliphatic imine (C=N–C) groups is 1. The lowest BCUT2D eigenvalue weighted by Crippen LogP contribution is -1.90. The van der Waals surface area contributed by atoms with Gasteiger partial charge in [-0.2, -0.15) is 0 Å². The van der Waals surface area contributed by atoms with Crippen molar-refractivity contribution >= 4 is 6.21 Å². The topological polar surface area (TPSA) is 38.4 Å². The third-order valence-electron chi connectivity index (χ3n) is 0.960. The van der Waals surface area contributed by atoms with Crippen LogP contribution >= 0.6 is 0 Å². The summed E-state index contributed by atoms with van der Waals surface area (Å²) in [6, 6.07) is 0.362. The van der Waals surface area contributed by atoms with Gasteiger partial charge in [0, 0.05) is 11.9 Å². The van der Waals surface area contributed by atoms with Crippen LogP contribution in [0.5, 0.6) is 0 Å². The van der Waals surface area contributed by atoms with E-state index in [9.17, 15) is 0 Å². The monoisotopic (exact) mass is 122 g/mol. The van der Waals surface area contributed by atoms with Crippen molar-refractivity contribution in [2.45, 2.75) is 13.0 Å². The summed E-state index contributed by atoms with van der Waals surface area (Å²) in [6.07, 6.45) is 7.58. The first-order valence-corrected chi connectivity index (χ1v) is 2.93. The first-order valence-electron chi connectivity index (χ1n) is 2.93. The molecule has 0 spiro atoms. The zero-order valence-electron chi connectivity index (χ0n) is 5.41. The Labute approximate surface area is 54.8 Å². The van der Waals surface area contributed by atoms with Gasteiger partial charge in [-0.25, -0.2) is 0 Å². The third kappa shape index (κ3) is 2.69. The maximum absolute atomic E-state index is 5.35. The van der Waals surface area contributed by atoms with Crippen molar-refractivity contribution in [1.29, 1.82) is 0 Å². The molecule has 1 rings (SSSR count). The summed E-state index contributed by atoms with van der Waals surface area (Å²) < 4.78 is 0. The van der Waals surface area contributed by atoms with Crippen LogP contribution in [0, 0.1) is 0 Å². The summed E-state index contributed by atoms with van der Waals surface area (Å²) in [5.41, 5.74) is 6.14. The summed E-state index contributed by atoms with van der Waals surface area (Å²) in [5.74, 6) is 0. The molecule has 0 saturated carbocycles.